The highest BCUT2D eigenvalue weighted by molar-refractivity contribution is 5.76. The Hall–Kier alpha value is -0.650. The number of rotatable bonds is 8. The summed E-state index contributed by atoms with van der Waals surface area (Å²) >= 11 is 0. The minimum atomic E-state index is 0.353. The first kappa shape index (κ1) is 17.7. The van der Waals surface area contributed by atoms with Gasteiger partial charge >= 0.3 is 0 Å². The van der Waals surface area contributed by atoms with Crippen molar-refractivity contribution in [1.29, 1.82) is 0 Å². The lowest BCUT2D eigenvalue weighted by Gasteiger charge is -2.34. The second-order valence-electron chi connectivity index (χ2n) is 6.62. The molecule has 2 aliphatic rings. The van der Waals surface area contributed by atoms with E-state index in [9.17, 15) is 4.79 Å². The summed E-state index contributed by atoms with van der Waals surface area (Å²) in [6.45, 7) is 13.2. The maximum atomic E-state index is 12.1. The van der Waals surface area contributed by atoms with E-state index in [-0.39, 0.29) is 0 Å². The second kappa shape index (κ2) is 10.2. The molecule has 1 N–H and O–H groups in total. The van der Waals surface area contributed by atoms with Crippen LogP contribution in [-0.2, 0) is 4.79 Å². The summed E-state index contributed by atoms with van der Waals surface area (Å²) in [5.41, 5.74) is 0. The Morgan fingerprint density at radius 3 is 2.05 bits per heavy atom. The minimum Gasteiger partial charge on any atom is -0.340 e. The smallest absolute Gasteiger partial charge is 0.222 e. The zero-order valence-electron chi connectivity index (χ0n) is 14.4. The average Bonchev–Trinajstić information content (AvgIpc) is 2.58. The molecule has 0 aromatic heterocycles. The van der Waals surface area contributed by atoms with Gasteiger partial charge in [-0.15, -0.1) is 0 Å². The maximum Gasteiger partial charge on any atom is 0.222 e. The van der Waals surface area contributed by atoms with Gasteiger partial charge in [0, 0.05) is 58.8 Å². The SMILES string of the molecule is CCCCN1CCN(CCCCC(=O)N2CCNCC2)CC1. The minimum absolute atomic E-state index is 0.353. The van der Waals surface area contributed by atoms with Crippen molar-refractivity contribution >= 4 is 5.91 Å². The Morgan fingerprint density at radius 1 is 0.864 bits per heavy atom. The lowest BCUT2D eigenvalue weighted by Crippen LogP contribution is -2.47. The Balaban J connectivity index is 1.49. The van der Waals surface area contributed by atoms with Crippen LogP contribution < -0.4 is 5.32 Å². The molecular formula is C17H34N4O. The van der Waals surface area contributed by atoms with Crippen LogP contribution >= 0.6 is 0 Å². The van der Waals surface area contributed by atoms with E-state index in [1.807, 2.05) is 4.90 Å². The fourth-order valence-electron chi connectivity index (χ4n) is 3.30. The van der Waals surface area contributed by atoms with E-state index in [1.54, 1.807) is 0 Å². The van der Waals surface area contributed by atoms with Gasteiger partial charge in [0.1, 0.15) is 0 Å². The molecule has 0 aliphatic carbocycles. The quantitative estimate of drug-likeness (QED) is 0.679. The monoisotopic (exact) mass is 310 g/mol. The summed E-state index contributed by atoms with van der Waals surface area (Å²) < 4.78 is 0. The number of unbranched alkanes of at least 4 members (excludes halogenated alkanes) is 2. The molecule has 0 aromatic carbocycles. The molecule has 128 valence electrons. The van der Waals surface area contributed by atoms with Gasteiger partial charge in [-0.25, -0.2) is 0 Å². The van der Waals surface area contributed by atoms with Crippen LogP contribution in [0, 0.1) is 0 Å². The van der Waals surface area contributed by atoms with Gasteiger partial charge < -0.3 is 20.0 Å². The van der Waals surface area contributed by atoms with Crippen LogP contribution in [0.5, 0.6) is 0 Å². The highest BCUT2D eigenvalue weighted by atomic mass is 16.2. The lowest BCUT2D eigenvalue weighted by atomic mass is 10.2. The summed E-state index contributed by atoms with van der Waals surface area (Å²) in [6, 6.07) is 0. The zero-order valence-corrected chi connectivity index (χ0v) is 14.4. The van der Waals surface area contributed by atoms with Crippen molar-refractivity contribution in [1.82, 2.24) is 20.0 Å². The number of carbonyl (C=O) groups is 1. The molecule has 2 aliphatic heterocycles. The van der Waals surface area contributed by atoms with Crippen molar-refractivity contribution in [3.8, 4) is 0 Å². The van der Waals surface area contributed by atoms with E-state index >= 15 is 0 Å². The molecule has 0 spiro atoms. The summed E-state index contributed by atoms with van der Waals surface area (Å²) in [5, 5.41) is 3.29. The molecule has 0 bridgehead atoms. The van der Waals surface area contributed by atoms with Crippen molar-refractivity contribution in [2.45, 2.75) is 39.0 Å². The van der Waals surface area contributed by atoms with Gasteiger partial charge in [-0.2, -0.15) is 0 Å². The molecule has 5 heteroatoms. The van der Waals surface area contributed by atoms with E-state index in [2.05, 4.69) is 22.0 Å². The highest BCUT2D eigenvalue weighted by Gasteiger charge is 2.17. The van der Waals surface area contributed by atoms with Gasteiger partial charge in [-0.05, 0) is 32.4 Å². The summed E-state index contributed by atoms with van der Waals surface area (Å²) in [6.07, 6.45) is 5.55. The Kier molecular flexibility index (Phi) is 8.20. The summed E-state index contributed by atoms with van der Waals surface area (Å²) in [4.78, 5) is 19.2. The van der Waals surface area contributed by atoms with Crippen LogP contribution in [0.1, 0.15) is 39.0 Å². The molecule has 0 aromatic rings. The molecule has 0 unspecified atom stereocenters. The first-order chi connectivity index (χ1) is 10.8. The van der Waals surface area contributed by atoms with E-state index < -0.39 is 0 Å². The first-order valence-electron chi connectivity index (χ1n) is 9.23. The fraction of sp³-hybridized carbons (Fsp3) is 0.941. The van der Waals surface area contributed by atoms with Crippen molar-refractivity contribution in [3.05, 3.63) is 0 Å². The van der Waals surface area contributed by atoms with Gasteiger partial charge in [-0.3, -0.25) is 4.79 Å². The molecule has 2 heterocycles. The van der Waals surface area contributed by atoms with Gasteiger partial charge in [0.15, 0.2) is 0 Å². The largest absolute Gasteiger partial charge is 0.340 e. The second-order valence-corrected chi connectivity index (χ2v) is 6.62. The molecule has 22 heavy (non-hydrogen) atoms. The average molecular weight is 310 g/mol. The van der Waals surface area contributed by atoms with Crippen molar-refractivity contribution < 1.29 is 4.79 Å². The standard InChI is InChI=1S/C17H34N4O/c1-2-3-9-19-13-15-20(16-14-19)10-5-4-6-17(22)21-11-7-18-8-12-21/h18H,2-16H2,1H3. The Bertz CT molecular complexity index is 310. The van der Waals surface area contributed by atoms with E-state index in [4.69, 9.17) is 0 Å². The first-order valence-corrected chi connectivity index (χ1v) is 9.23. The van der Waals surface area contributed by atoms with Gasteiger partial charge in [0.05, 0.1) is 0 Å². The van der Waals surface area contributed by atoms with Crippen LogP contribution in [0.2, 0.25) is 0 Å². The molecule has 2 saturated heterocycles. The number of amides is 1. The number of nitrogens with one attached hydrogen (secondary N) is 1. The topological polar surface area (TPSA) is 38.8 Å². The summed E-state index contributed by atoms with van der Waals surface area (Å²) in [7, 11) is 0. The number of hydrogen-bond acceptors (Lipinski definition) is 4. The molecular weight excluding hydrogens is 276 g/mol. The predicted molar refractivity (Wildman–Crippen MR) is 91.1 cm³/mol. The third-order valence-corrected chi connectivity index (χ3v) is 4.88. The maximum absolute atomic E-state index is 12.1. The third-order valence-electron chi connectivity index (χ3n) is 4.88. The summed E-state index contributed by atoms with van der Waals surface area (Å²) in [5.74, 6) is 0.353. The molecule has 5 nitrogen and oxygen atoms in total. The number of carbonyl (C=O) groups excluding carboxylic acids is 1. The van der Waals surface area contributed by atoms with Gasteiger partial charge in [-0.1, -0.05) is 13.3 Å². The van der Waals surface area contributed by atoms with Crippen molar-refractivity contribution in [2.75, 3.05) is 65.4 Å². The molecule has 0 atom stereocenters. The lowest BCUT2D eigenvalue weighted by molar-refractivity contribution is -0.131. The van der Waals surface area contributed by atoms with Crippen LogP contribution in [0.25, 0.3) is 0 Å². The normalized spacial score (nSPS) is 21.2. The Labute approximate surface area is 136 Å². The fourth-order valence-corrected chi connectivity index (χ4v) is 3.30. The van der Waals surface area contributed by atoms with E-state index in [0.717, 1.165) is 52.0 Å². The van der Waals surface area contributed by atoms with E-state index in [0.29, 0.717) is 5.91 Å². The number of nitrogens with zero attached hydrogens (tertiary/aromatic N) is 3. The Morgan fingerprint density at radius 2 is 1.45 bits per heavy atom. The van der Waals surface area contributed by atoms with Crippen LogP contribution in [-0.4, -0.2) is 86.1 Å². The van der Waals surface area contributed by atoms with E-state index in [1.165, 1.54) is 45.6 Å². The molecule has 2 fully saturated rings. The van der Waals surface area contributed by atoms with Gasteiger partial charge in [0.2, 0.25) is 5.91 Å². The van der Waals surface area contributed by atoms with Crippen LogP contribution in [0.4, 0.5) is 0 Å². The highest BCUT2D eigenvalue weighted by Crippen LogP contribution is 2.07. The third kappa shape index (κ3) is 6.23. The van der Waals surface area contributed by atoms with Gasteiger partial charge in [0.25, 0.3) is 0 Å². The molecule has 0 radical (unpaired) electrons. The predicted octanol–water partition coefficient (Wildman–Crippen LogP) is 1.01. The van der Waals surface area contributed by atoms with Crippen LogP contribution in [0.15, 0.2) is 0 Å². The molecule has 0 saturated carbocycles. The zero-order chi connectivity index (χ0) is 15.6. The molecule has 1 amide bonds. The van der Waals surface area contributed by atoms with Crippen molar-refractivity contribution in [2.24, 2.45) is 0 Å². The number of hydrogen-bond donors (Lipinski definition) is 1. The van der Waals surface area contributed by atoms with Crippen LogP contribution in [0.3, 0.4) is 0 Å². The number of piperazine rings is 2. The molecule has 2 rings (SSSR count). The van der Waals surface area contributed by atoms with Crippen molar-refractivity contribution in [3.63, 3.8) is 0 Å².